The van der Waals surface area contributed by atoms with Gasteiger partial charge in [-0.05, 0) is 63.7 Å². The fraction of sp³-hybridized carbons (Fsp3) is 0.688. The minimum atomic E-state index is 0.469. The number of nitrogens with one attached hydrogen (secondary N) is 1. The Bertz CT molecular complexity index is 434. The number of nitrogens with zero attached hydrogens (tertiary/aromatic N) is 2. The summed E-state index contributed by atoms with van der Waals surface area (Å²) in [5, 5.41) is 4.19. The van der Waals surface area contributed by atoms with Crippen molar-refractivity contribution in [2.45, 2.75) is 46.1 Å². The fourth-order valence-electron chi connectivity index (χ4n) is 3.04. The van der Waals surface area contributed by atoms with Crippen LogP contribution < -0.4 is 5.32 Å². The van der Waals surface area contributed by atoms with Crippen LogP contribution in [0.15, 0.2) is 12.3 Å². The standard InChI is InChI=1S/C16H26ClN3/c1-4-7-20-8-5-6-14(11-20)13(3)19-15-9-12(2)16(17)18-10-15/h9-10,13-14,19H,4-8,11H2,1-3H3. The molecule has 1 N–H and O–H groups in total. The third-order valence-corrected chi connectivity index (χ3v) is 4.59. The zero-order valence-electron chi connectivity index (χ0n) is 12.8. The first-order valence-electron chi connectivity index (χ1n) is 7.71. The van der Waals surface area contributed by atoms with E-state index in [0.717, 1.165) is 11.3 Å². The normalized spacial score (nSPS) is 21.7. The minimum Gasteiger partial charge on any atom is -0.381 e. The summed E-state index contributed by atoms with van der Waals surface area (Å²) < 4.78 is 0. The summed E-state index contributed by atoms with van der Waals surface area (Å²) in [7, 11) is 0. The first-order valence-corrected chi connectivity index (χ1v) is 8.09. The van der Waals surface area contributed by atoms with Crippen LogP contribution in [-0.4, -0.2) is 35.6 Å². The molecule has 0 aliphatic carbocycles. The number of aryl methyl sites for hydroxylation is 1. The zero-order valence-corrected chi connectivity index (χ0v) is 13.6. The first-order chi connectivity index (χ1) is 9.60. The minimum absolute atomic E-state index is 0.469. The highest BCUT2D eigenvalue weighted by atomic mass is 35.5. The molecule has 1 aliphatic rings. The lowest BCUT2D eigenvalue weighted by Gasteiger charge is -2.36. The maximum Gasteiger partial charge on any atom is 0.132 e. The maximum atomic E-state index is 5.97. The smallest absolute Gasteiger partial charge is 0.132 e. The van der Waals surface area contributed by atoms with Gasteiger partial charge in [-0.25, -0.2) is 4.98 Å². The second kappa shape index (κ2) is 7.28. The van der Waals surface area contributed by atoms with Gasteiger partial charge in [0.05, 0.1) is 11.9 Å². The molecule has 4 heteroatoms. The Labute approximate surface area is 127 Å². The molecule has 1 aromatic heterocycles. The first kappa shape index (κ1) is 15.6. The molecule has 0 spiro atoms. The van der Waals surface area contributed by atoms with Gasteiger partial charge in [-0.1, -0.05) is 18.5 Å². The second-order valence-electron chi connectivity index (χ2n) is 5.97. The predicted octanol–water partition coefficient (Wildman–Crippen LogP) is 3.97. The number of hydrogen-bond donors (Lipinski definition) is 1. The quantitative estimate of drug-likeness (QED) is 0.833. The molecule has 2 unspecified atom stereocenters. The Kier molecular flexibility index (Phi) is 5.67. The van der Waals surface area contributed by atoms with Gasteiger partial charge in [0.1, 0.15) is 5.15 Å². The van der Waals surface area contributed by atoms with Crippen LogP contribution in [0, 0.1) is 12.8 Å². The molecule has 0 bridgehead atoms. The van der Waals surface area contributed by atoms with E-state index >= 15 is 0 Å². The molecule has 0 aromatic carbocycles. The number of rotatable bonds is 5. The van der Waals surface area contributed by atoms with E-state index in [1.54, 1.807) is 0 Å². The van der Waals surface area contributed by atoms with Crippen molar-refractivity contribution in [3.05, 3.63) is 23.0 Å². The van der Waals surface area contributed by atoms with Crippen LogP contribution >= 0.6 is 11.6 Å². The molecule has 0 saturated carbocycles. The van der Waals surface area contributed by atoms with Crippen molar-refractivity contribution in [1.82, 2.24) is 9.88 Å². The number of anilines is 1. The van der Waals surface area contributed by atoms with E-state index in [4.69, 9.17) is 11.6 Å². The SMILES string of the molecule is CCCN1CCCC(C(C)Nc2cnc(Cl)c(C)c2)C1. The van der Waals surface area contributed by atoms with E-state index in [-0.39, 0.29) is 0 Å². The van der Waals surface area contributed by atoms with Gasteiger partial charge in [0.15, 0.2) is 0 Å². The third kappa shape index (κ3) is 4.10. The van der Waals surface area contributed by atoms with Gasteiger partial charge < -0.3 is 10.2 Å². The van der Waals surface area contributed by atoms with Crippen LogP contribution in [0.4, 0.5) is 5.69 Å². The lowest BCUT2D eigenvalue weighted by Crippen LogP contribution is -2.42. The molecule has 20 heavy (non-hydrogen) atoms. The van der Waals surface area contributed by atoms with Crippen molar-refractivity contribution in [2.75, 3.05) is 25.0 Å². The topological polar surface area (TPSA) is 28.2 Å². The largest absolute Gasteiger partial charge is 0.381 e. The van der Waals surface area contributed by atoms with Crippen molar-refractivity contribution in [1.29, 1.82) is 0 Å². The molecular formula is C16H26ClN3. The number of likely N-dealkylation sites (tertiary alicyclic amines) is 1. The molecule has 3 nitrogen and oxygen atoms in total. The average molecular weight is 296 g/mol. The number of aromatic nitrogens is 1. The van der Waals surface area contributed by atoms with Crippen LogP contribution in [0.5, 0.6) is 0 Å². The van der Waals surface area contributed by atoms with Crippen LogP contribution in [0.1, 0.15) is 38.7 Å². The van der Waals surface area contributed by atoms with Gasteiger partial charge in [-0.2, -0.15) is 0 Å². The maximum absolute atomic E-state index is 5.97. The summed E-state index contributed by atoms with van der Waals surface area (Å²) in [4.78, 5) is 6.81. The summed E-state index contributed by atoms with van der Waals surface area (Å²) in [6.45, 7) is 10.2. The van der Waals surface area contributed by atoms with Crippen LogP contribution in [-0.2, 0) is 0 Å². The van der Waals surface area contributed by atoms with E-state index < -0.39 is 0 Å². The number of pyridine rings is 1. The molecule has 112 valence electrons. The highest BCUT2D eigenvalue weighted by Crippen LogP contribution is 2.23. The monoisotopic (exact) mass is 295 g/mol. The molecule has 2 heterocycles. The summed E-state index contributed by atoms with van der Waals surface area (Å²) >= 11 is 5.97. The van der Waals surface area contributed by atoms with Crippen molar-refractivity contribution in [3.63, 3.8) is 0 Å². The van der Waals surface area contributed by atoms with Gasteiger partial charge in [0.25, 0.3) is 0 Å². The Morgan fingerprint density at radius 3 is 3.05 bits per heavy atom. The molecule has 2 atom stereocenters. The van der Waals surface area contributed by atoms with Crippen molar-refractivity contribution < 1.29 is 0 Å². The number of hydrogen-bond acceptors (Lipinski definition) is 3. The molecule has 1 aliphatic heterocycles. The van der Waals surface area contributed by atoms with E-state index in [1.165, 1.54) is 38.9 Å². The lowest BCUT2D eigenvalue weighted by molar-refractivity contribution is 0.165. The summed E-state index contributed by atoms with van der Waals surface area (Å²) in [5.41, 5.74) is 2.10. The molecule has 1 aromatic rings. The van der Waals surface area contributed by atoms with Gasteiger partial charge >= 0.3 is 0 Å². The number of halogens is 1. The third-order valence-electron chi connectivity index (χ3n) is 4.20. The van der Waals surface area contributed by atoms with Crippen LogP contribution in [0.3, 0.4) is 0 Å². The summed E-state index contributed by atoms with van der Waals surface area (Å²) in [5.74, 6) is 0.714. The Balaban J connectivity index is 1.93. The predicted molar refractivity (Wildman–Crippen MR) is 86.5 cm³/mol. The molecule has 2 rings (SSSR count). The van der Waals surface area contributed by atoms with Crippen LogP contribution in [0.2, 0.25) is 5.15 Å². The van der Waals surface area contributed by atoms with Crippen molar-refractivity contribution in [2.24, 2.45) is 5.92 Å². The van der Waals surface area contributed by atoms with Crippen molar-refractivity contribution in [3.8, 4) is 0 Å². The summed E-state index contributed by atoms with van der Waals surface area (Å²) in [6, 6.07) is 2.55. The average Bonchev–Trinajstić information content (AvgIpc) is 2.43. The van der Waals surface area contributed by atoms with E-state index in [9.17, 15) is 0 Å². The highest BCUT2D eigenvalue weighted by molar-refractivity contribution is 6.30. The summed E-state index contributed by atoms with van der Waals surface area (Å²) in [6.07, 6.45) is 5.70. The van der Waals surface area contributed by atoms with Gasteiger partial charge in [0, 0.05) is 12.6 Å². The molecule has 1 saturated heterocycles. The van der Waals surface area contributed by atoms with E-state index in [1.807, 2.05) is 13.1 Å². The second-order valence-corrected chi connectivity index (χ2v) is 6.33. The van der Waals surface area contributed by atoms with Crippen LogP contribution in [0.25, 0.3) is 0 Å². The molecular weight excluding hydrogens is 270 g/mol. The van der Waals surface area contributed by atoms with E-state index in [2.05, 4.69) is 35.1 Å². The zero-order chi connectivity index (χ0) is 14.5. The van der Waals surface area contributed by atoms with Gasteiger partial charge in [-0.3, -0.25) is 0 Å². The number of piperidine rings is 1. The Hall–Kier alpha value is -0.800. The lowest BCUT2D eigenvalue weighted by atomic mass is 9.91. The van der Waals surface area contributed by atoms with Gasteiger partial charge in [-0.15, -0.1) is 0 Å². The fourth-order valence-corrected chi connectivity index (χ4v) is 3.14. The van der Waals surface area contributed by atoms with Gasteiger partial charge in [0.2, 0.25) is 0 Å². The highest BCUT2D eigenvalue weighted by Gasteiger charge is 2.24. The molecule has 1 fully saturated rings. The molecule has 0 radical (unpaired) electrons. The Morgan fingerprint density at radius 2 is 2.35 bits per heavy atom. The van der Waals surface area contributed by atoms with E-state index in [0.29, 0.717) is 17.1 Å². The molecule has 0 amide bonds. The van der Waals surface area contributed by atoms with Crippen molar-refractivity contribution >= 4 is 17.3 Å². The Morgan fingerprint density at radius 1 is 1.55 bits per heavy atom.